The molecule has 0 atom stereocenters. The van der Waals surface area contributed by atoms with Gasteiger partial charge in [-0.1, -0.05) is 23.7 Å². The number of hydrogen-bond acceptors (Lipinski definition) is 4. The second-order valence-electron chi connectivity index (χ2n) is 7.17. The third-order valence-electron chi connectivity index (χ3n) is 5.15. The Bertz CT molecular complexity index is 1330. The van der Waals surface area contributed by atoms with Crippen LogP contribution in [0.1, 0.15) is 23.2 Å². The molecule has 0 saturated heterocycles. The van der Waals surface area contributed by atoms with Crippen molar-refractivity contribution in [3.05, 3.63) is 76.4 Å². The minimum absolute atomic E-state index is 0.0406. The van der Waals surface area contributed by atoms with E-state index in [9.17, 15) is 21.6 Å². The van der Waals surface area contributed by atoms with E-state index in [0.717, 1.165) is 12.1 Å². The Balaban J connectivity index is 1.69. The van der Waals surface area contributed by atoms with E-state index in [-0.39, 0.29) is 22.0 Å². The minimum atomic E-state index is -4.43. The van der Waals surface area contributed by atoms with Crippen LogP contribution in [-0.4, -0.2) is 19.9 Å². The van der Waals surface area contributed by atoms with Crippen LogP contribution < -0.4 is 4.31 Å². The predicted molar refractivity (Wildman–Crippen MR) is 114 cm³/mol. The predicted octanol–water partition coefficient (Wildman–Crippen LogP) is 5.43. The van der Waals surface area contributed by atoms with Crippen LogP contribution in [0.25, 0.3) is 11.3 Å². The summed E-state index contributed by atoms with van der Waals surface area (Å²) in [7, 11) is -3.95. The molecule has 4 rings (SSSR count). The van der Waals surface area contributed by atoms with Gasteiger partial charge in [0, 0.05) is 12.1 Å². The van der Waals surface area contributed by atoms with Crippen molar-refractivity contribution >= 4 is 27.3 Å². The van der Waals surface area contributed by atoms with Crippen molar-refractivity contribution in [1.82, 2.24) is 4.98 Å². The number of fused-ring (bicyclic) bond motifs is 1. The van der Waals surface area contributed by atoms with E-state index in [1.54, 1.807) is 12.1 Å². The van der Waals surface area contributed by atoms with Gasteiger partial charge in [0.15, 0.2) is 0 Å². The average molecular weight is 478 g/mol. The van der Waals surface area contributed by atoms with Gasteiger partial charge in [-0.05, 0) is 55.3 Å². The Labute approximate surface area is 187 Å². The molecule has 1 aromatic heterocycles. The molecule has 1 aliphatic heterocycles. The average Bonchev–Trinajstić information content (AvgIpc) is 2.77. The van der Waals surface area contributed by atoms with E-state index < -0.39 is 21.8 Å². The summed E-state index contributed by atoms with van der Waals surface area (Å²) in [6.07, 6.45) is -3.37. The van der Waals surface area contributed by atoms with Gasteiger partial charge in [-0.3, -0.25) is 9.29 Å². The summed E-state index contributed by atoms with van der Waals surface area (Å²) in [5.41, 5.74) is 1.33. The third-order valence-corrected chi connectivity index (χ3v) is 7.27. The van der Waals surface area contributed by atoms with Crippen LogP contribution in [-0.2, 0) is 22.6 Å². The number of benzene rings is 2. The molecule has 0 fully saturated rings. The fraction of sp³-hybridized carbons (Fsp3) is 0.182. The topological polar surface area (TPSA) is 74.1 Å². The zero-order valence-corrected chi connectivity index (χ0v) is 18.0. The van der Waals surface area contributed by atoms with E-state index in [0.29, 0.717) is 35.5 Å². The first-order valence-corrected chi connectivity index (χ1v) is 11.3. The molecule has 0 saturated carbocycles. The fourth-order valence-corrected chi connectivity index (χ4v) is 5.37. The first-order valence-electron chi connectivity index (χ1n) is 9.51. The molecule has 164 valence electrons. The summed E-state index contributed by atoms with van der Waals surface area (Å²) >= 11 is 6.01. The van der Waals surface area contributed by atoms with Crippen LogP contribution in [0.2, 0.25) is 5.02 Å². The number of sulfonamides is 1. The summed E-state index contributed by atoms with van der Waals surface area (Å²) in [4.78, 5) is 4.48. The number of nitrogens with zero attached hydrogens (tertiary/aromatic N) is 3. The van der Waals surface area contributed by atoms with Crippen molar-refractivity contribution in [3.63, 3.8) is 0 Å². The highest BCUT2D eigenvalue weighted by atomic mass is 35.5. The molecule has 10 heteroatoms. The number of pyridine rings is 1. The number of aryl methyl sites for hydroxylation is 1. The molecule has 2 heterocycles. The lowest BCUT2D eigenvalue weighted by Crippen LogP contribution is -2.35. The van der Waals surface area contributed by atoms with Gasteiger partial charge in [-0.25, -0.2) is 8.42 Å². The van der Waals surface area contributed by atoms with Crippen LogP contribution in [0, 0.1) is 11.3 Å². The highest BCUT2D eigenvalue weighted by Gasteiger charge is 2.31. The number of rotatable bonds is 3. The van der Waals surface area contributed by atoms with E-state index in [1.165, 1.54) is 34.6 Å². The van der Waals surface area contributed by atoms with Gasteiger partial charge in [0.05, 0.1) is 38.1 Å². The Morgan fingerprint density at radius 1 is 1.06 bits per heavy atom. The monoisotopic (exact) mass is 477 g/mol. The molecule has 0 radical (unpaired) electrons. The summed E-state index contributed by atoms with van der Waals surface area (Å²) in [6.45, 7) is 0.244. The van der Waals surface area contributed by atoms with Crippen LogP contribution in [0.15, 0.2) is 59.5 Å². The molecular formula is C22H15ClF3N3O2S. The van der Waals surface area contributed by atoms with E-state index in [1.807, 2.05) is 6.07 Å². The molecule has 0 N–H and O–H groups in total. The van der Waals surface area contributed by atoms with Gasteiger partial charge in [0.25, 0.3) is 10.0 Å². The number of halogens is 4. The Morgan fingerprint density at radius 3 is 2.41 bits per heavy atom. The molecule has 0 spiro atoms. The zero-order chi connectivity index (χ0) is 23.1. The summed E-state index contributed by atoms with van der Waals surface area (Å²) in [5.74, 6) is 0. The molecule has 3 aromatic rings. The number of alkyl halides is 3. The number of hydrogen-bond donors (Lipinski definition) is 0. The maximum absolute atomic E-state index is 13.2. The van der Waals surface area contributed by atoms with E-state index in [2.05, 4.69) is 4.98 Å². The fourth-order valence-electron chi connectivity index (χ4n) is 3.53. The van der Waals surface area contributed by atoms with Crippen molar-refractivity contribution in [2.75, 3.05) is 10.8 Å². The summed E-state index contributed by atoms with van der Waals surface area (Å²) < 4.78 is 66.1. The van der Waals surface area contributed by atoms with Gasteiger partial charge in [0.1, 0.15) is 6.07 Å². The molecule has 0 amide bonds. The smallest absolute Gasteiger partial charge is 0.264 e. The molecule has 0 aliphatic carbocycles. The molecule has 32 heavy (non-hydrogen) atoms. The Morgan fingerprint density at radius 2 is 1.78 bits per heavy atom. The number of anilines is 1. The molecular weight excluding hydrogens is 463 g/mol. The van der Waals surface area contributed by atoms with Crippen LogP contribution in [0.5, 0.6) is 0 Å². The summed E-state index contributed by atoms with van der Waals surface area (Å²) in [6, 6.07) is 13.7. The van der Waals surface area contributed by atoms with Crippen molar-refractivity contribution in [1.29, 1.82) is 5.26 Å². The van der Waals surface area contributed by atoms with Crippen molar-refractivity contribution in [3.8, 4) is 17.3 Å². The van der Waals surface area contributed by atoms with Gasteiger partial charge in [-0.15, -0.1) is 0 Å². The van der Waals surface area contributed by atoms with Gasteiger partial charge >= 0.3 is 6.18 Å². The Kier molecular flexibility index (Phi) is 5.61. The van der Waals surface area contributed by atoms with Crippen LogP contribution in [0.4, 0.5) is 18.9 Å². The number of nitriles is 1. The second kappa shape index (κ2) is 8.11. The maximum Gasteiger partial charge on any atom is 0.416 e. The first-order chi connectivity index (χ1) is 15.1. The normalized spacial score (nSPS) is 14.0. The zero-order valence-electron chi connectivity index (χ0n) is 16.4. The van der Waals surface area contributed by atoms with Crippen LogP contribution >= 0.6 is 11.6 Å². The van der Waals surface area contributed by atoms with E-state index in [4.69, 9.17) is 16.9 Å². The highest BCUT2D eigenvalue weighted by molar-refractivity contribution is 7.92. The largest absolute Gasteiger partial charge is 0.416 e. The number of aromatic nitrogens is 1. The van der Waals surface area contributed by atoms with Crippen LogP contribution in [0.3, 0.4) is 0 Å². The van der Waals surface area contributed by atoms with Gasteiger partial charge in [0.2, 0.25) is 0 Å². The van der Waals surface area contributed by atoms with Gasteiger partial charge in [-0.2, -0.15) is 18.4 Å². The SMILES string of the molecule is N#Cc1ccc(S(=O)(=O)N2CCCc3nc(-c4ccc(C(F)(F)F)cc4)ccc32)cc1Cl. The summed E-state index contributed by atoms with van der Waals surface area (Å²) in [5, 5.41) is 9.05. The van der Waals surface area contributed by atoms with Crippen molar-refractivity contribution < 1.29 is 21.6 Å². The quantitative estimate of drug-likeness (QED) is 0.504. The molecule has 2 aromatic carbocycles. The molecule has 0 unspecified atom stereocenters. The molecule has 0 bridgehead atoms. The van der Waals surface area contributed by atoms with Crippen molar-refractivity contribution in [2.45, 2.75) is 23.9 Å². The third kappa shape index (κ3) is 4.04. The maximum atomic E-state index is 13.2. The lowest BCUT2D eigenvalue weighted by atomic mass is 10.1. The molecule has 5 nitrogen and oxygen atoms in total. The van der Waals surface area contributed by atoms with E-state index >= 15 is 0 Å². The second-order valence-corrected chi connectivity index (χ2v) is 9.44. The lowest BCUT2D eigenvalue weighted by Gasteiger charge is -2.30. The molecule has 1 aliphatic rings. The van der Waals surface area contributed by atoms with Gasteiger partial charge < -0.3 is 0 Å². The first kappa shape index (κ1) is 22.1. The Hall–Kier alpha value is -3.09. The van der Waals surface area contributed by atoms with Crippen molar-refractivity contribution in [2.24, 2.45) is 0 Å². The lowest BCUT2D eigenvalue weighted by molar-refractivity contribution is -0.137. The highest BCUT2D eigenvalue weighted by Crippen LogP contribution is 2.35. The standard InChI is InChI=1S/C22H15ClF3N3O2S/c23-18-12-17(8-5-15(18)13-27)32(30,31)29-11-1-2-20-21(29)10-9-19(28-20)14-3-6-16(7-4-14)22(24,25)26/h3-10,12H,1-2,11H2. The minimum Gasteiger partial charge on any atom is -0.264 e.